The highest BCUT2D eigenvalue weighted by atomic mass is 32.7. The highest BCUT2D eigenvalue weighted by Gasteiger charge is 2.28. The molecule has 0 bridgehead atoms. The van der Waals surface area contributed by atoms with Crippen LogP contribution in [0.4, 0.5) is 5.95 Å². The van der Waals surface area contributed by atoms with Crippen molar-refractivity contribution in [3.63, 3.8) is 0 Å². The number of hydrogen-bond donors (Lipinski definition) is 2. The van der Waals surface area contributed by atoms with E-state index < -0.39 is 7.50 Å². The Kier molecular flexibility index (Phi) is 9.93. The Morgan fingerprint density at radius 3 is 2.86 bits per heavy atom. The lowest BCUT2D eigenvalue weighted by Gasteiger charge is -2.24. The normalized spacial score (nSPS) is 19.8. The van der Waals surface area contributed by atoms with Crippen LogP contribution in [0.5, 0.6) is 5.88 Å². The quantitative estimate of drug-likeness (QED) is 0.267. The van der Waals surface area contributed by atoms with Crippen LogP contribution in [0.25, 0.3) is 11.2 Å². The molecule has 11 nitrogen and oxygen atoms in total. The number of nitrogens with zero attached hydrogens (tertiary/aromatic N) is 4. The van der Waals surface area contributed by atoms with Gasteiger partial charge in [0.2, 0.25) is 11.8 Å². The summed E-state index contributed by atoms with van der Waals surface area (Å²) in [7, 11) is 2.12. The molecule has 0 amide bonds. The van der Waals surface area contributed by atoms with Gasteiger partial charge in [0.15, 0.2) is 18.7 Å². The van der Waals surface area contributed by atoms with E-state index in [1.807, 2.05) is 34.9 Å². The molecule has 3 N–H and O–H groups in total. The van der Waals surface area contributed by atoms with Crippen molar-refractivity contribution in [1.29, 1.82) is 0 Å². The molecule has 4 atom stereocenters. The van der Waals surface area contributed by atoms with Crippen LogP contribution in [0.3, 0.4) is 0 Å². The summed E-state index contributed by atoms with van der Waals surface area (Å²) in [6.45, 7) is 2.70. The zero-order chi connectivity index (χ0) is 26.2. The number of ether oxygens (including phenoxy) is 3. The summed E-state index contributed by atoms with van der Waals surface area (Å²) in [6, 6.07) is 9.29. The topological polar surface area (TPSA) is 136 Å². The first-order chi connectivity index (χ1) is 18.0. The number of nitrogens with one attached hydrogen (secondary N) is 1. The third kappa shape index (κ3) is 7.30. The van der Waals surface area contributed by atoms with Gasteiger partial charge in [-0.25, -0.2) is 4.98 Å². The fraction of sp³-hybridized carbons (Fsp3) is 0.500. The number of carbonyl (C=O) groups excluding carboxylic acids is 1. The molecule has 1 aromatic carbocycles. The maximum absolute atomic E-state index is 12.7. The van der Waals surface area contributed by atoms with E-state index in [0.717, 1.165) is 24.2 Å². The van der Waals surface area contributed by atoms with Crippen molar-refractivity contribution >= 4 is 42.0 Å². The summed E-state index contributed by atoms with van der Waals surface area (Å²) >= 11 is 1.70. The number of rotatable bonds is 11. The summed E-state index contributed by atoms with van der Waals surface area (Å²) in [5, 5.41) is 3.37. The molecule has 37 heavy (non-hydrogen) atoms. The van der Waals surface area contributed by atoms with E-state index >= 15 is 0 Å². The zero-order valence-corrected chi connectivity index (χ0v) is 22.9. The predicted octanol–water partition coefficient (Wildman–Crippen LogP) is 3.86. The van der Waals surface area contributed by atoms with Gasteiger partial charge < -0.3 is 29.0 Å². The standard InChI is InChI=1S/C24H33N6O5PS/c1-16(30-15-26-20-21(30)27-24(25)28-22(20)33-3)12-18(32-2)14-35-36-29-19(10-7-11-37-36)23(31)34-13-17-8-5-4-6-9-17/h4-6,8-9,15-16,18-19,29H,7,10-14H2,1-3H3,(H2,25,27,28). The molecule has 4 rings (SSSR count). The molecule has 200 valence electrons. The van der Waals surface area contributed by atoms with Crippen molar-refractivity contribution in [1.82, 2.24) is 24.6 Å². The largest absolute Gasteiger partial charge is 0.479 e. The van der Waals surface area contributed by atoms with E-state index in [9.17, 15) is 4.79 Å². The Labute approximate surface area is 221 Å². The Balaban J connectivity index is 1.31. The maximum Gasteiger partial charge on any atom is 0.323 e. The average molecular weight is 549 g/mol. The first-order valence-electron chi connectivity index (χ1n) is 12.1. The second-order valence-electron chi connectivity index (χ2n) is 8.66. The second-order valence-corrected chi connectivity index (χ2v) is 12.1. The van der Waals surface area contributed by atoms with Gasteiger partial charge in [0.25, 0.3) is 0 Å². The zero-order valence-electron chi connectivity index (χ0n) is 21.2. The molecule has 0 saturated carbocycles. The Bertz CT molecular complexity index is 1170. The van der Waals surface area contributed by atoms with Gasteiger partial charge in [-0.1, -0.05) is 41.7 Å². The minimum absolute atomic E-state index is 0.000734. The molecular formula is C24H33N6O5PS. The van der Waals surface area contributed by atoms with Crippen molar-refractivity contribution < 1.29 is 23.5 Å². The average Bonchev–Trinajstić information content (AvgIpc) is 3.19. The number of imidazole rings is 1. The van der Waals surface area contributed by atoms with Gasteiger partial charge in [-0.15, -0.1) is 0 Å². The van der Waals surface area contributed by atoms with Crippen molar-refractivity contribution in [3.8, 4) is 5.88 Å². The van der Waals surface area contributed by atoms with E-state index in [-0.39, 0.29) is 36.7 Å². The van der Waals surface area contributed by atoms with Gasteiger partial charge in [0.1, 0.15) is 12.6 Å². The van der Waals surface area contributed by atoms with Gasteiger partial charge in [0.05, 0.1) is 26.1 Å². The number of carbonyl (C=O) groups is 1. The Morgan fingerprint density at radius 1 is 1.30 bits per heavy atom. The van der Waals surface area contributed by atoms with Crippen molar-refractivity contribution in [3.05, 3.63) is 42.2 Å². The lowest BCUT2D eigenvalue weighted by atomic mass is 10.1. The number of aromatic nitrogens is 4. The van der Waals surface area contributed by atoms with Crippen LogP contribution in [-0.2, 0) is 25.4 Å². The van der Waals surface area contributed by atoms with Gasteiger partial charge in [-0.2, -0.15) is 9.97 Å². The number of benzene rings is 1. The molecule has 0 radical (unpaired) electrons. The fourth-order valence-electron chi connectivity index (χ4n) is 3.99. The first-order valence-corrected chi connectivity index (χ1v) is 14.9. The summed E-state index contributed by atoms with van der Waals surface area (Å²) in [4.78, 5) is 25.6. The van der Waals surface area contributed by atoms with Crippen molar-refractivity contribution in [2.45, 2.75) is 51.0 Å². The lowest BCUT2D eigenvalue weighted by molar-refractivity contribution is -0.147. The molecular weight excluding hydrogens is 515 g/mol. The number of esters is 1. The van der Waals surface area contributed by atoms with Gasteiger partial charge in [-0.3, -0.25) is 9.88 Å². The Morgan fingerprint density at radius 2 is 2.11 bits per heavy atom. The van der Waals surface area contributed by atoms with Crippen molar-refractivity contribution in [2.75, 3.05) is 32.3 Å². The SMILES string of the molecule is COc1nc(N)nc2c1ncn2C(C)CC(COP1NC(C(=O)OCc2ccccc2)CCCS1)OC. The highest BCUT2D eigenvalue weighted by Crippen LogP contribution is 2.50. The third-order valence-corrected chi connectivity index (χ3v) is 9.50. The van der Waals surface area contributed by atoms with Crippen LogP contribution < -0.4 is 15.6 Å². The van der Waals surface area contributed by atoms with Crippen LogP contribution in [0.15, 0.2) is 36.7 Å². The van der Waals surface area contributed by atoms with E-state index in [2.05, 4.69) is 27.0 Å². The number of methoxy groups -OCH3 is 2. The molecule has 3 aromatic rings. The van der Waals surface area contributed by atoms with Crippen molar-refractivity contribution in [2.24, 2.45) is 0 Å². The van der Waals surface area contributed by atoms with Gasteiger partial charge >= 0.3 is 5.97 Å². The molecule has 13 heteroatoms. The minimum atomic E-state index is -1.07. The molecule has 3 heterocycles. The highest BCUT2D eigenvalue weighted by molar-refractivity contribution is 8.53. The summed E-state index contributed by atoms with van der Waals surface area (Å²) in [6.07, 6.45) is 3.82. The minimum Gasteiger partial charge on any atom is -0.479 e. The second kappa shape index (κ2) is 13.3. The number of anilines is 1. The monoisotopic (exact) mass is 548 g/mol. The van der Waals surface area contributed by atoms with Crippen LogP contribution >= 0.6 is 18.9 Å². The van der Waals surface area contributed by atoms with E-state index in [1.54, 1.807) is 24.8 Å². The van der Waals surface area contributed by atoms with Crippen LogP contribution in [-0.4, -0.2) is 64.2 Å². The molecule has 2 aromatic heterocycles. The summed E-state index contributed by atoms with van der Waals surface area (Å²) in [5.41, 5.74) is 7.98. The molecule has 1 saturated heterocycles. The van der Waals surface area contributed by atoms with Gasteiger partial charge in [0, 0.05) is 18.9 Å². The lowest BCUT2D eigenvalue weighted by Crippen LogP contribution is -2.34. The van der Waals surface area contributed by atoms with Gasteiger partial charge in [-0.05, 0) is 31.7 Å². The smallest absolute Gasteiger partial charge is 0.323 e. The van der Waals surface area contributed by atoms with E-state index in [1.165, 1.54) is 7.11 Å². The van der Waals surface area contributed by atoms with Crippen LogP contribution in [0, 0.1) is 0 Å². The molecule has 0 aliphatic carbocycles. The maximum atomic E-state index is 12.7. The third-order valence-electron chi connectivity index (χ3n) is 6.01. The molecule has 1 aliphatic rings. The molecule has 0 spiro atoms. The number of nitrogen functional groups attached to an aromatic ring is 1. The number of fused-ring (bicyclic) bond motifs is 1. The number of nitrogens with two attached hydrogens (primary N) is 1. The predicted molar refractivity (Wildman–Crippen MR) is 144 cm³/mol. The summed E-state index contributed by atoms with van der Waals surface area (Å²) < 4.78 is 24.7. The van der Waals surface area contributed by atoms with E-state index in [4.69, 9.17) is 24.5 Å². The summed E-state index contributed by atoms with van der Waals surface area (Å²) in [5.74, 6) is 1.14. The molecule has 1 aliphatic heterocycles. The molecule has 1 fully saturated rings. The van der Waals surface area contributed by atoms with E-state index in [0.29, 0.717) is 30.1 Å². The van der Waals surface area contributed by atoms with Crippen LogP contribution in [0.2, 0.25) is 0 Å². The molecule has 4 unspecified atom stereocenters. The first kappa shape index (κ1) is 27.5. The number of hydrogen-bond acceptors (Lipinski definition) is 11. The fourth-order valence-corrected chi connectivity index (χ4v) is 7.36. The Hall–Kier alpha value is -2.50. The van der Waals surface area contributed by atoms with Crippen LogP contribution in [0.1, 0.15) is 37.8 Å².